The quantitative estimate of drug-likeness (QED) is 0.362. The monoisotopic (exact) mass is 467 g/mol. The second-order valence-corrected chi connectivity index (χ2v) is 8.06. The van der Waals surface area contributed by atoms with Gasteiger partial charge in [-0.2, -0.15) is 0 Å². The molecule has 0 unspecified atom stereocenters. The van der Waals surface area contributed by atoms with Crippen molar-refractivity contribution in [1.29, 1.82) is 0 Å². The maximum Gasteiger partial charge on any atom is 0.413 e. The van der Waals surface area contributed by atoms with Gasteiger partial charge in [0.25, 0.3) is 0 Å². The Balaban J connectivity index is 1.19. The van der Waals surface area contributed by atoms with Gasteiger partial charge in [-0.15, -0.1) is 0 Å². The predicted molar refractivity (Wildman–Crippen MR) is 135 cm³/mol. The first-order chi connectivity index (χ1) is 17.2. The molecule has 0 spiro atoms. The molecule has 0 bridgehead atoms. The summed E-state index contributed by atoms with van der Waals surface area (Å²) in [5.41, 5.74) is 5.51. The third kappa shape index (κ3) is 5.39. The molecule has 2 heterocycles. The van der Waals surface area contributed by atoms with Crippen LogP contribution in [-0.4, -0.2) is 29.4 Å². The topological polar surface area (TPSA) is 97.4 Å². The van der Waals surface area contributed by atoms with Crippen LogP contribution in [0.15, 0.2) is 85.2 Å². The van der Waals surface area contributed by atoms with Crippen molar-refractivity contribution in [2.75, 3.05) is 17.7 Å². The molecule has 1 aromatic heterocycles. The number of ether oxygens (including phenoxy) is 2. The Morgan fingerprint density at radius 1 is 0.943 bits per heavy atom. The standard InChI is InChI=1S/C27H25N5O3/c1-34-24-9-5-4-8-22(24)23-15-25(30-17-29-23)31-20-10-12-21(13-11-20)32-27(33)35-26-14-18-6-2-3-7-19(18)16-28-26/h2-13,15,17,26,28H,14,16H2,1H3,(H,32,33)(H,29,30,31)/t26-/m0/s1. The summed E-state index contributed by atoms with van der Waals surface area (Å²) in [5.74, 6) is 1.39. The number of aromatic nitrogens is 2. The molecule has 176 valence electrons. The molecule has 8 nitrogen and oxygen atoms in total. The van der Waals surface area contributed by atoms with Crippen LogP contribution in [0, 0.1) is 0 Å². The number of hydrogen-bond donors (Lipinski definition) is 3. The van der Waals surface area contributed by atoms with Crippen molar-refractivity contribution >= 4 is 23.3 Å². The van der Waals surface area contributed by atoms with E-state index < -0.39 is 6.09 Å². The van der Waals surface area contributed by atoms with Gasteiger partial charge in [0.15, 0.2) is 6.23 Å². The summed E-state index contributed by atoms with van der Waals surface area (Å²) in [6.45, 7) is 0.677. The highest BCUT2D eigenvalue weighted by atomic mass is 16.6. The lowest BCUT2D eigenvalue weighted by Crippen LogP contribution is -2.40. The smallest absolute Gasteiger partial charge is 0.413 e. The number of nitrogens with one attached hydrogen (secondary N) is 3. The lowest BCUT2D eigenvalue weighted by Gasteiger charge is -2.25. The number of hydrogen-bond acceptors (Lipinski definition) is 7. The first-order valence-electron chi connectivity index (χ1n) is 11.3. The molecule has 4 aromatic rings. The zero-order valence-electron chi connectivity index (χ0n) is 19.2. The van der Waals surface area contributed by atoms with Gasteiger partial charge in [-0.1, -0.05) is 36.4 Å². The first kappa shape index (κ1) is 22.4. The van der Waals surface area contributed by atoms with E-state index in [4.69, 9.17) is 9.47 Å². The van der Waals surface area contributed by atoms with Crippen LogP contribution in [0.4, 0.5) is 22.0 Å². The minimum atomic E-state index is -0.500. The third-order valence-electron chi connectivity index (χ3n) is 5.75. The van der Waals surface area contributed by atoms with Crippen LogP contribution in [0.1, 0.15) is 11.1 Å². The maximum atomic E-state index is 12.4. The summed E-state index contributed by atoms with van der Waals surface area (Å²) in [4.78, 5) is 21.1. The fourth-order valence-electron chi connectivity index (χ4n) is 4.00. The molecule has 0 fully saturated rings. The number of benzene rings is 3. The minimum Gasteiger partial charge on any atom is -0.496 e. The Bertz CT molecular complexity index is 1330. The van der Waals surface area contributed by atoms with Crippen molar-refractivity contribution in [3.8, 4) is 17.0 Å². The van der Waals surface area contributed by atoms with Crippen LogP contribution in [0.5, 0.6) is 5.75 Å². The fraction of sp³-hybridized carbons (Fsp3) is 0.148. The predicted octanol–water partition coefficient (Wildman–Crippen LogP) is 5.12. The van der Waals surface area contributed by atoms with Gasteiger partial charge in [-0.05, 0) is 47.5 Å². The van der Waals surface area contributed by atoms with E-state index in [1.54, 1.807) is 19.2 Å². The number of para-hydroxylation sites is 1. The lowest BCUT2D eigenvalue weighted by molar-refractivity contribution is 0.0840. The number of fused-ring (bicyclic) bond motifs is 1. The van der Waals surface area contributed by atoms with Crippen LogP contribution >= 0.6 is 0 Å². The fourth-order valence-corrected chi connectivity index (χ4v) is 4.00. The Morgan fingerprint density at radius 2 is 1.69 bits per heavy atom. The van der Waals surface area contributed by atoms with Crippen molar-refractivity contribution in [3.05, 3.63) is 96.3 Å². The van der Waals surface area contributed by atoms with Gasteiger partial charge in [-0.25, -0.2) is 14.8 Å². The summed E-state index contributed by atoms with van der Waals surface area (Å²) in [6.07, 6.45) is 1.29. The first-order valence-corrected chi connectivity index (χ1v) is 11.3. The molecule has 0 saturated carbocycles. The lowest BCUT2D eigenvalue weighted by atomic mass is 10.0. The summed E-state index contributed by atoms with van der Waals surface area (Å²) >= 11 is 0. The summed E-state index contributed by atoms with van der Waals surface area (Å²) in [5, 5.41) is 9.28. The van der Waals surface area contributed by atoms with Crippen molar-refractivity contribution in [2.45, 2.75) is 19.2 Å². The van der Waals surface area contributed by atoms with Crippen molar-refractivity contribution in [2.24, 2.45) is 0 Å². The molecule has 0 saturated heterocycles. The Hall–Kier alpha value is -4.43. The highest BCUT2D eigenvalue weighted by molar-refractivity contribution is 5.85. The average Bonchev–Trinajstić information content (AvgIpc) is 2.90. The normalized spacial score (nSPS) is 14.5. The van der Waals surface area contributed by atoms with Crippen molar-refractivity contribution in [3.63, 3.8) is 0 Å². The van der Waals surface area contributed by atoms with Gasteiger partial charge in [0.2, 0.25) is 0 Å². The number of rotatable bonds is 6. The average molecular weight is 468 g/mol. The number of amides is 1. The third-order valence-corrected chi connectivity index (χ3v) is 5.75. The van der Waals surface area contributed by atoms with E-state index >= 15 is 0 Å². The van der Waals surface area contributed by atoms with Crippen molar-refractivity contribution < 1.29 is 14.3 Å². The van der Waals surface area contributed by atoms with E-state index in [0.717, 1.165) is 22.7 Å². The summed E-state index contributed by atoms with van der Waals surface area (Å²) in [6, 6.07) is 25.0. The largest absolute Gasteiger partial charge is 0.496 e. The van der Waals surface area contributed by atoms with Crippen LogP contribution in [0.2, 0.25) is 0 Å². The molecule has 0 radical (unpaired) electrons. The zero-order chi connectivity index (χ0) is 24.0. The summed E-state index contributed by atoms with van der Waals surface area (Å²) < 4.78 is 11.0. The molecule has 1 aliphatic rings. The maximum absolute atomic E-state index is 12.4. The molecular formula is C27H25N5O3. The molecule has 8 heteroatoms. The molecule has 1 amide bonds. The van der Waals surface area contributed by atoms with E-state index in [1.165, 1.54) is 17.5 Å². The zero-order valence-corrected chi connectivity index (χ0v) is 19.2. The molecule has 1 atom stereocenters. The van der Waals surface area contributed by atoms with Crippen LogP contribution < -0.4 is 20.7 Å². The van der Waals surface area contributed by atoms with Crippen molar-refractivity contribution in [1.82, 2.24) is 15.3 Å². The highest BCUT2D eigenvalue weighted by Gasteiger charge is 2.21. The van der Waals surface area contributed by atoms with Crippen LogP contribution in [-0.2, 0) is 17.7 Å². The number of methoxy groups -OCH3 is 1. The van der Waals surface area contributed by atoms with E-state index in [1.807, 2.05) is 54.6 Å². The Labute approximate surface area is 203 Å². The Kier molecular flexibility index (Phi) is 6.54. The number of nitrogens with zero attached hydrogens (tertiary/aromatic N) is 2. The second-order valence-electron chi connectivity index (χ2n) is 8.06. The van der Waals surface area contributed by atoms with Gasteiger partial charge in [-0.3, -0.25) is 10.6 Å². The molecule has 3 N–H and O–H groups in total. The van der Waals surface area contributed by atoms with E-state index in [2.05, 4.69) is 38.1 Å². The second kappa shape index (κ2) is 10.2. The molecule has 1 aliphatic heterocycles. The molecule has 35 heavy (non-hydrogen) atoms. The Morgan fingerprint density at radius 3 is 2.51 bits per heavy atom. The number of carbonyl (C=O) groups is 1. The molecule has 3 aromatic carbocycles. The van der Waals surface area contributed by atoms with Crippen LogP contribution in [0.25, 0.3) is 11.3 Å². The van der Waals surface area contributed by atoms with Crippen LogP contribution in [0.3, 0.4) is 0 Å². The van der Waals surface area contributed by atoms with E-state index in [0.29, 0.717) is 24.5 Å². The van der Waals surface area contributed by atoms with Gasteiger partial charge < -0.3 is 14.8 Å². The SMILES string of the molecule is COc1ccccc1-c1cc(Nc2ccc(NC(=O)O[C@H]3Cc4ccccc4CN3)cc2)ncn1. The summed E-state index contributed by atoms with van der Waals surface area (Å²) in [7, 11) is 1.63. The highest BCUT2D eigenvalue weighted by Crippen LogP contribution is 2.29. The van der Waals surface area contributed by atoms with E-state index in [-0.39, 0.29) is 6.23 Å². The number of carbonyl (C=O) groups excluding carboxylic acids is 1. The van der Waals surface area contributed by atoms with E-state index in [9.17, 15) is 4.79 Å². The van der Waals surface area contributed by atoms with Gasteiger partial charge in [0, 0.05) is 36.0 Å². The molecule has 5 rings (SSSR count). The number of anilines is 3. The van der Waals surface area contributed by atoms with Gasteiger partial charge in [0.1, 0.15) is 17.9 Å². The van der Waals surface area contributed by atoms with Gasteiger partial charge in [0.05, 0.1) is 12.8 Å². The molecular weight excluding hydrogens is 442 g/mol. The minimum absolute atomic E-state index is 0.360. The molecule has 0 aliphatic carbocycles. The van der Waals surface area contributed by atoms with Gasteiger partial charge >= 0.3 is 6.09 Å².